The maximum Gasteiger partial charge on any atom is 0.246 e. The predicted octanol–water partition coefficient (Wildman–Crippen LogP) is 4.98. The van der Waals surface area contributed by atoms with Crippen molar-refractivity contribution in [1.29, 1.82) is 0 Å². The fourth-order valence-corrected chi connectivity index (χ4v) is 2.18. The summed E-state index contributed by atoms with van der Waals surface area (Å²) >= 11 is 0. The van der Waals surface area contributed by atoms with Crippen molar-refractivity contribution in [3.05, 3.63) is 55.9 Å². The van der Waals surface area contributed by atoms with Crippen molar-refractivity contribution >= 4 is 6.29 Å². The van der Waals surface area contributed by atoms with Crippen LogP contribution >= 0.6 is 0 Å². The second-order valence-corrected chi connectivity index (χ2v) is 5.73. The van der Waals surface area contributed by atoms with Crippen molar-refractivity contribution in [2.45, 2.75) is 71.1 Å². The molecule has 0 amide bonds. The predicted molar refractivity (Wildman–Crippen MR) is 97.2 cm³/mol. The highest BCUT2D eigenvalue weighted by molar-refractivity contribution is 5.48. The van der Waals surface area contributed by atoms with Crippen LogP contribution in [0.4, 0.5) is 0 Å². The molecule has 0 unspecified atom stereocenters. The Labute approximate surface area is 148 Å². The highest BCUT2D eigenvalue weighted by Gasteiger charge is 2.09. The van der Waals surface area contributed by atoms with E-state index in [2.05, 4.69) is 6.92 Å². The zero-order valence-electron chi connectivity index (χ0n) is 14.9. The molecule has 0 spiro atoms. The van der Waals surface area contributed by atoms with Gasteiger partial charge in [0.25, 0.3) is 0 Å². The molecule has 7 heteroatoms. The molecule has 0 N–H and O–H groups in total. The molecule has 0 aliphatic rings. The van der Waals surface area contributed by atoms with Crippen LogP contribution in [0.15, 0.2) is 35.7 Å². The second kappa shape index (κ2) is 15.2. The maximum atomic E-state index is 11.0. The van der Waals surface area contributed by atoms with Crippen LogP contribution in [-0.4, -0.2) is 16.1 Å². The summed E-state index contributed by atoms with van der Waals surface area (Å²) in [5.74, 6) is 0. The van der Waals surface area contributed by atoms with E-state index < -0.39 is 9.85 Å². The summed E-state index contributed by atoms with van der Waals surface area (Å²) in [6.07, 6.45) is 13.7. The highest BCUT2D eigenvalue weighted by atomic mass is 16.6. The molecule has 0 radical (unpaired) electrons. The summed E-state index contributed by atoms with van der Waals surface area (Å²) in [5, 5.41) is 22.0. The van der Waals surface area contributed by atoms with E-state index in [1.165, 1.54) is 0 Å². The van der Waals surface area contributed by atoms with E-state index in [-0.39, 0.29) is 24.2 Å². The molecule has 0 atom stereocenters. The smallest absolute Gasteiger partial charge is 0.246 e. The number of nitrogens with zero attached hydrogens (tertiary/aromatic N) is 2. The molecule has 7 nitrogen and oxygen atoms in total. The Balaban J connectivity index is 4.45. The number of carbonyl (C=O) groups excluding carboxylic acids is 1. The molecular weight excluding hydrogens is 324 g/mol. The Kier molecular flexibility index (Phi) is 13.8. The molecule has 0 aliphatic heterocycles. The van der Waals surface area contributed by atoms with Gasteiger partial charge in [0.1, 0.15) is 6.29 Å². The van der Waals surface area contributed by atoms with Crippen LogP contribution < -0.4 is 0 Å². The first kappa shape index (κ1) is 22.7. The third-order valence-electron chi connectivity index (χ3n) is 3.63. The normalized spacial score (nSPS) is 12.5. The topological polar surface area (TPSA) is 103 Å². The van der Waals surface area contributed by atoms with Crippen LogP contribution in [0, 0.1) is 20.2 Å². The van der Waals surface area contributed by atoms with Crippen molar-refractivity contribution in [2.75, 3.05) is 0 Å². The number of hydrogen-bond acceptors (Lipinski definition) is 5. The monoisotopic (exact) mass is 352 g/mol. The molecule has 0 rings (SSSR count). The number of hydrogen-bond donors (Lipinski definition) is 0. The van der Waals surface area contributed by atoms with Crippen LogP contribution in [0.25, 0.3) is 0 Å². The van der Waals surface area contributed by atoms with Gasteiger partial charge < -0.3 is 4.79 Å². The Morgan fingerprint density at radius 2 is 1.24 bits per heavy atom. The van der Waals surface area contributed by atoms with Gasteiger partial charge in [-0.15, -0.1) is 0 Å². The minimum absolute atomic E-state index is 0.0805. The molecule has 0 saturated heterocycles. The van der Waals surface area contributed by atoms with E-state index >= 15 is 0 Å². The van der Waals surface area contributed by atoms with Gasteiger partial charge in [0.2, 0.25) is 11.4 Å². The molecule has 140 valence electrons. The first-order valence-electron chi connectivity index (χ1n) is 8.78. The maximum absolute atomic E-state index is 11.0. The van der Waals surface area contributed by atoms with Crippen molar-refractivity contribution in [3.8, 4) is 0 Å². The molecule has 0 aromatic heterocycles. The third kappa shape index (κ3) is 12.7. The number of allylic oxidation sites excluding steroid dienone is 4. The average molecular weight is 352 g/mol. The average Bonchev–Trinajstić information content (AvgIpc) is 2.57. The molecule has 0 aliphatic carbocycles. The van der Waals surface area contributed by atoms with E-state index in [1.54, 1.807) is 24.3 Å². The second-order valence-electron chi connectivity index (χ2n) is 5.73. The summed E-state index contributed by atoms with van der Waals surface area (Å²) < 4.78 is 0. The lowest BCUT2D eigenvalue weighted by Crippen LogP contribution is -1.99. The number of nitro groups is 2. The fourth-order valence-electron chi connectivity index (χ4n) is 2.18. The Morgan fingerprint density at radius 1 is 0.800 bits per heavy atom. The van der Waals surface area contributed by atoms with E-state index in [9.17, 15) is 25.0 Å². The van der Waals surface area contributed by atoms with E-state index in [0.717, 1.165) is 38.4 Å². The number of rotatable bonds is 15. The Hall–Kier alpha value is -2.31. The van der Waals surface area contributed by atoms with Crippen LogP contribution in [0.3, 0.4) is 0 Å². The van der Waals surface area contributed by atoms with Crippen LogP contribution in [-0.2, 0) is 4.79 Å². The molecule has 25 heavy (non-hydrogen) atoms. The van der Waals surface area contributed by atoms with Crippen LogP contribution in [0.1, 0.15) is 71.1 Å². The van der Waals surface area contributed by atoms with Crippen molar-refractivity contribution in [2.24, 2.45) is 0 Å². The third-order valence-corrected chi connectivity index (χ3v) is 3.63. The summed E-state index contributed by atoms with van der Waals surface area (Å²) in [4.78, 5) is 31.3. The molecule has 0 saturated carbocycles. The van der Waals surface area contributed by atoms with Gasteiger partial charge in [0.15, 0.2) is 0 Å². The van der Waals surface area contributed by atoms with Gasteiger partial charge in [-0.2, -0.15) is 0 Å². The van der Waals surface area contributed by atoms with E-state index in [0.29, 0.717) is 19.3 Å². The van der Waals surface area contributed by atoms with E-state index in [4.69, 9.17) is 0 Å². The van der Waals surface area contributed by atoms with Gasteiger partial charge in [-0.25, -0.2) is 0 Å². The lowest BCUT2D eigenvalue weighted by atomic mass is 10.1. The van der Waals surface area contributed by atoms with Gasteiger partial charge >= 0.3 is 0 Å². The van der Waals surface area contributed by atoms with Gasteiger partial charge in [-0.3, -0.25) is 20.2 Å². The fraction of sp³-hybridized carbons (Fsp3) is 0.611. The standard InChI is InChI=1S/C18H28N2O5/c1-2-3-4-7-12-17(19(22)23)14-9-10-15-18(20(24)25)13-8-5-6-11-16-21/h9-10,12-13,16H,2-8,11,14-15H2,1H3/b10-9+,17-12-,18-13-. The number of carbonyl (C=O) groups is 1. The Bertz CT molecular complexity index is 510. The van der Waals surface area contributed by atoms with Crippen LogP contribution in [0.2, 0.25) is 0 Å². The lowest BCUT2D eigenvalue weighted by Gasteiger charge is -1.97. The SMILES string of the molecule is CCCCC/C=C(/C/C=C/C/C(=C/CCCCC=O)[N+](=O)[O-])[N+](=O)[O-]. The van der Waals surface area contributed by atoms with Crippen molar-refractivity contribution in [3.63, 3.8) is 0 Å². The summed E-state index contributed by atoms with van der Waals surface area (Å²) in [6.45, 7) is 2.07. The first-order chi connectivity index (χ1) is 12.0. The first-order valence-corrected chi connectivity index (χ1v) is 8.78. The zero-order valence-corrected chi connectivity index (χ0v) is 14.9. The van der Waals surface area contributed by atoms with E-state index in [1.807, 2.05) is 0 Å². The van der Waals surface area contributed by atoms with Gasteiger partial charge in [-0.05, 0) is 44.3 Å². The molecule has 0 bridgehead atoms. The van der Waals surface area contributed by atoms with Crippen molar-refractivity contribution < 1.29 is 14.6 Å². The minimum atomic E-state index is -0.431. The lowest BCUT2D eigenvalue weighted by molar-refractivity contribution is -0.427. The van der Waals surface area contributed by atoms with Crippen molar-refractivity contribution in [1.82, 2.24) is 0 Å². The van der Waals surface area contributed by atoms with Gasteiger partial charge in [-0.1, -0.05) is 31.9 Å². The molecule has 0 aromatic rings. The summed E-state index contributed by atoms with van der Waals surface area (Å²) in [7, 11) is 0. The number of unbranched alkanes of at least 4 members (excludes halogenated alkanes) is 6. The molecule has 0 heterocycles. The molecule has 0 fully saturated rings. The quantitative estimate of drug-likeness (QED) is 0.136. The highest BCUT2D eigenvalue weighted by Crippen LogP contribution is 2.11. The van der Waals surface area contributed by atoms with Gasteiger partial charge in [0.05, 0.1) is 22.7 Å². The summed E-state index contributed by atoms with van der Waals surface area (Å²) in [5.41, 5.74) is 0.213. The van der Waals surface area contributed by atoms with Gasteiger partial charge in [0, 0.05) is 6.42 Å². The Morgan fingerprint density at radius 3 is 1.64 bits per heavy atom. The zero-order chi connectivity index (χ0) is 18.9. The summed E-state index contributed by atoms with van der Waals surface area (Å²) in [6, 6.07) is 0. The molecular formula is C18H28N2O5. The largest absolute Gasteiger partial charge is 0.303 e. The number of aldehydes is 1. The van der Waals surface area contributed by atoms with Crippen LogP contribution in [0.5, 0.6) is 0 Å². The minimum Gasteiger partial charge on any atom is -0.303 e. The molecule has 0 aromatic carbocycles.